The minimum Gasteiger partial charge on any atom is -0.398 e. The summed E-state index contributed by atoms with van der Waals surface area (Å²) in [6.07, 6.45) is 0.828. The van der Waals surface area contributed by atoms with E-state index in [2.05, 4.69) is 5.10 Å². The Morgan fingerprint density at radius 2 is 2.10 bits per heavy atom. The van der Waals surface area contributed by atoms with Crippen molar-refractivity contribution < 1.29 is 8.60 Å². The van der Waals surface area contributed by atoms with Crippen molar-refractivity contribution in [3.63, 3.8) is 0 Å². The van der Waals surface area contributed by atoms with Crippen molar-refractivity contribution in [3.05, 3.63) is 41.5 Å². The fourth-order valence-corrected chi connectivity index (χ4v) is 3.23. The minimum atomic E-state index is -1.38. The third-order valence-electron chi connectivity index (χ3n) is 3.08. The Hall–Kier alpha value is -1.69. The molecule has 0 aliphatic carbocycles. The number of benzene rings is 1. The van der Waals surface area contributed by atoms with Gasteiger partial charge in [-0.05, 0) is 37.6 Å². The van der Waals surface area contributed by atoms with Gasteiger partial charge in [0.1, 0.15) is 5.82 Å². The Bertz CT molecular complexity index is 639. The number of nitrogens with two attached hydrogens (primary N) is 1. The van der Waals surface area contributed by atoms with E-state index in [1.807, 2.05) is 24.6 Å². The van der Waals surface area contributed by atoms with E-state index in [1.165, 1.54) is 18.2 Å². The average molecular weight is 295 g/mol. The van der Waals surface area contributed by atoms with Gasteiger partial charge in [-0.25, -0.2) is 4.39 Å². The zero-order chi connectivity index (χ0) is 14.7. The molecule has 0 aliphatic heterocycles. The Kier molecular flexibility index (Phi) is 4.54. The van der Waals surface area contributed by atoms with Crippen LogP contribution in [0.3, 0.4) is 0 Å². The van der Waals surface area contributed by atoms with Crippen molar-refractivity contribution in [1.29, 1.82) is 0 Å². The van der Waals surface area contributed by atoms with Crippen LogP contribution in [0.15, 0.2) is 29.2 Å². The molecule has 20 heavy (non-hydrogen) atoms. The van der Waals surface area contributed by atoms with Crippen LogP contribution < -0.4 is 5.73 Å². The average Bonchev–Trinajstić information content (AvgIpc) is 2.83. The van der Waals surface area contributed by atoms with Gasteiger partial charge >= 0.3 is 0 Å². The van der Waals surface area contributed by atoms with Gasteiger partial charge in [0.05, 0.1) is 32.8 Å². The van der Waals surface area contributed by atoms with Crippen LogP contribution in [0.4, 0.5) is 10.1 Å². The molecule has 6 heteroatoms. The largest absolute Gasteiger partial charge is 0.398 e. The number of nitrogens with zero attached hydrogens (tertiary/aromatic N) is 2. The van der Waals surface area contributed by atoms with Crippen LogP contribution in [0.5, 0.6) is 0 Å². The predicted octanol–water partition coefficient (Wildman–Crippen LogP) is 2.49. The molecule has 0 fully saturated rings. The number of halogens is 1. The molecular weight excluding hydrogens is 277 g/mol. The Balaban J connectivity index is 2.27. The molecule has 1 heterocycles. The number of aromatic nitrogens is 2. The van der Waals surface area contributed by atoms with E-state index < -0.39 is 16.6 Å². The molecule has 1 atom stereocenters. The van der Waals surface area contributed by atoms with Gasteiger partial charge in [-0.1, -0.05) is 6.92 Å². The number of anilines is 1. The molecule has 0 spiro atoms. The molecule has 4 nitrogen and oxygen atoms in total. The van der Waals surface area contributed by atoms with Crippen molar-refractivity contribution in [3.8, 4) is 0 Å². The molecule has 0 bridgehead atoms. The highest BCUT2D eigenvalue weighted by Crippen LogP contribution is 2.21. The number of hydrogen-bond donors (Lipinski definition) is 1. The lowest BCUT2D eigenvalue weighted by Crippen LogP contribution is -2.07. The van der Waals surface area contributed by atoms with E-state index in [0.717, 1.165) is 17.8 Å². The monoisotopic (exact) mass is 295 g/mol. The summed E-state index contributed by atoms with van der Waals surface area (Å²) in [6, 6.07) is 5.88. The van der Waals surface area contributed by atoms with E-state index in [1.54, 1.807) is 0 Å². The summed E-state index contributed by atoms with van der Waals surface area (Å²) in [4.78, 5) is 0.340. The van der Waals surface area contributed by atoms with Crippen LogP contribution in [0, 0.1) is 5.82 Å². The maximum atomic E-state index is 13.2. The Labute approximate surface area is 120 Å². The van der Waals surface area contributed by atoms with Crippen LogP contribution in [-0.2, 0) is 29.5 Å². The number of aryl methyl sites for hydroxylation is 2. The highest BCUT2D eigenvalue weighted by molar-refractivity contribution is 7.84. The summed E-state index contributed by atoms with van der Waals surface area (Å²) in [5.41, 5.74) is 7.96. The normalized spacial score (nSPS) is 12.6. The lowest BCUT2D eigenvalue weighted by atomic mass is 10.3. The molecule has 2 rings (SSSR count). The van der Waals surface area contributed by atoms with Gasteiger partial charge in [0, 0.05) is 12.2 Å². The molecule has 0 aliphatic rings. The summed E-state index contributed by atoms with van der Waals surface area (Å²) >= 11 is 0. The zero-order valence-electron chi connectivity index (χ0n) is 11.6. The van der Waals surface area contributed by atoms with Crippen molar-refractivity contribution >= 4 is 16.5 Å². The molecule has 1 aromatic carbocycles. The van der Waals surface area contributed by atoms with Crippen molar-refractivity contribution in [2.24, 2.45) is 0 Å². The van der Waals surface area contributed by atoms with Crippen molar-refractivity contribution in [2.75, 3.05) is 5.73 Å². The van der Waals surface area contributed by atoms with Gasteiger partial charge < -0.3 is 5.73 Å². The molecule has 1 unspecified atom stereocenters. The van der Waals surface area contributed by atoms with Gasteiger partial charge in [-0.3, -0.25) is 8.89 Å². The Morgan fingerprint density at radius 3 is 2.75 bits per heavy atom. The molecular formula is C14H18FN3OS. The lowest BCUT2D eigenvalue weighted by molar-refractivity contribution is 0.619. The van der Waals surface area contributed by atoms with E-state index in [9.17, 15) is 8.60 Å². The molecule has 0 amide bonds. The van der Waals surface area contributed by atoms with Gasteiger partial charge in [0.2, 0.25) is 0 Å². The SMILES string of the molecule is CCc1cc(CS(=O)c2cc(F)ccc2N)n(CC)n1. The summed E-state index contributed by atoms with van der Waals surface area (Å²) in [6.45, 7) is 4.72. The molecule has 2 N–H and O–H groups in total. The third kappa shape index (κ3) is 3.07. The van der Waals surface area contributed by atoms with Crippen LogP contribution in [0.25, 0.3) is 0 Å². The molecule has 1 aromatic heterocycles. The first-order chi connectivity index (χ1) is 9.55. The minimum absolute atomic E-state index is 0.286. The highest BCUT2D eigenvalue weighted by Gasteiger charge is 2.14. The molecule has 2 aromatic rings. The first-order valence-corrected chi connectivity index (χ1v) is 7.86. The van der Waals surface area contributed by atoms with E-state index >= 15 is 0 Å². The molecule has 108 valence electrons. The van der Waals surface area contributed by atoms with Crippen LogP contribution in [-0.4, -0.2) is 14.0 Å². The van der Waals surface area contributed by atoms with Crippen LogP contribution in [0.1, 0.15) is 25.2 Å². The van der Waals surface area contributed by atoms with Crippen molar-refractivity contribution in [2.45, 2.75) is 37.5 Å². The highest BCUT2D eigenvalue weighted by atomic mass is 32.2. The van der Waals surface area contributed by atoms with Crippen LogP contribution in [0.2, 0.25) is 0 Å². The second-order valence-electron chi connectivity index (χ2n) is 4.47. The van der Waals surface area contributed by atoms with Crippen molar-refractivity contribution in [1.82, 2.24) is 9.78 Å². The Morgan fingerprint density at radius 1 is 1.35 bits per heavy atom. The fourth-order valence-electron chi connectivity index (χ4n) is 2.00. The van der Waals surface area contributed by atoms with Gasteiger partial charge in [-0.2, -0.15) is 5.10 Å². The smallest absolute Gasteiger partial charge is 0.124 e. The van der Waals surface area contributed by atoms with E-state index in [0.29, 0.717) is 17.1 Å². The number of rotatable bonds is 5. The first kappa shape index (κ1) is 14.7. The topological polar surface area (TPSA) is 60.9 Å². The van der Waals surface area contributed by atoms with Crippen LogP contribution >= 0.6 is 0 Å². The lowest BCUT2D eigenvalue weighted by Gasteiger charge is -2.07. The maximum Gasteiger partial charge on any atom is 0.124 e. The molecule has 0 radical (unpaired) electrons. The quantitative estimate of drug-likeness (QED) is 0.862. The summed E-state index contributed by atoms with van der Waals surface area (Å²) in [5.74, 6) is -0.144. The maximum absolute atomic E-state index is 13.2. The fraction of sp³-hybridized carbons (Fsp3) is 0.357. The van der Waals surface area contributed by atoms with Gasteiger partial charge in [0.15, 0.2) is 0 Å². The van der Waals surface area contributed by atoms with E-state index in [-0.39, 0.29) is 5.75 Å². The standard InChI is InChI=1S/C14H18FN3OS/c1-3-11-8-12(18(4-2)17-11)9-20(19)14-7-10(15)5-6-13(14)16/h5-8H,3-4,9,16H2,1-2H3. The summed E-state index contributed by atoms with van der Waals surface area (Å²) < 4.78 is 27.4. The molecule has 0 saturated heterocycles. The summed E-state index contributed by atoms with van der Waals surface area (Å²) in [5, 5.41) is 4.41. The summed E-state index contributed by atoms with van der Waals surface area (Å²) in [7, 11) is -1.38. The third-order valence-corrected chi connectivity index (χ3v) is 4.48. The first-order valence-electron chi connectivity index (χ1n) is 6.54. The second-order valence-corrected chi connectivity index (χ2v) is 5.89. The molecule has 0 saturated carbocycles. The van der Waals surface area contributed by atoms with Gasteiger partial charge in [-0.15, -0.1) is 0 Å². The van der Waals surface area contributed by atoms with E-state index in [4.69, 9.17) is 5.73 Å². The number of nitrogen functional groups attached to an aromatic ring is 1. The second kappa shape index (κ2) is 6.17. The predicted molar refractivity (Wildman–Crippen MR) is 78.2 cm³/mol. The zero-order valence-corrected chi connectivity index (χ0v) is 12.4. The van der Waals surface area contributed by atoms with Gasteiger partial charge in [0.25, 0.3) is 0 Å². The number of hydrogen-bond acceptors (Lipinski definition) is 3.